The van der Waals surface area contributed by atoms with Gasteiger partial charge in [-0.3, -0.25) is 4.79 Å². The van der Waals surface area contributed by atoms with Crippen LogP contribution in [0.5, 0.6) is 5.75 Å². The lowest BCUT2D eigenvalue weighted by Gasteiger charge is -2.07. The van der Waals surface area contributed by atoms with Gasteiger partial charge in [-0.15, -0.1) is 0 Å². The normalized spacial score (nSPS) is 10.0. The average molecular weight is 364 g/mol. The van der Waals surface area contributed by atoms with Crippen LogP contribution in [0.4, 0.5) is 5.69 Å². The number of aliphatic carboxylic acids is 1. The Bertz CT molecular complexity index is 653. The highest BCUT2D eigenvalue weighted by atomic mass is 79.9. The van der Waals surface area contributed by atoms with Crippen molar-refractivity contribution in [2.24, 2.45) is 0 Å². The standard InChI is InChI=1S/C16H14BrNO4/c17-12-3-1-11(2-4-12)9-15(19)18-13-5-7-14(8-6-13)22-10-16(20)21/h1-8H,9-10H2,(H,18,19)(H,20,21). The van der Waals surface area contributed by atoms with Crippen molar-refractivity contribution in [2.45, 2.75) is 6.42 Å². The van der Waals surface area contributed by atoms with Gasteiger partial charge >= 0.3 is 5.97 Å². The van der Waals surface area contributed by atoms with Crippen LogP contribution >= 0.6 is 15.9 Å². The zero-order chi connectivity index (χ0) is 15.9. The van der Waals surface area contributed by atoms with E-state index in [-0.39, 0.29) is 12.3 Å². The van der Waals surface area contributed by atoms with Crippen LogP contribution in [-0.4, -0.2) is 23.6 Å². The van der Waals surface area contributed by atoms with Crippen LogP contribution in [0.1, 0.15) is 5.56 Å². The van der Waals surface area contributed by atoms with Gasteiger partial charge in [-0.1, -0.05) is 28.1 Å². The zero-order valence-corrected chi connectivity index (χ0v) is 13.2. The van der Waals surface area contributed by atoms with E-state index in [9.17, 15) is 9.59 Å². The molecule has 0 spiro atoms. The topological polar surface area (TPSA) is 75.6 Å². The Morgan fingerprint density at radius 2 is 1.68 bits per heavy atom. The van der Waals surface area contributed by atoms with Crippen LogP contribution in [0.2, 0.25) is 0 Å². The third-order valence-electron chi connectivity index (χ3n) is 2.78. The highest BCUT2D eigenvalue weighted by molar-refractivity contribution is 9.10. The maximum absolute atomic E-state index is 11.9. The van der Waals surface area contributed by atoms with Crippen molar-refractivity contribution in [3.8, 4) is 5.75 Å². The molecule has 2 aromatic carbocycles. The molecule has 1 amide bonds. The van der Waals surface area contributed by atoms with Crippen LogP contribution in [0, 0.1) is 0 Å². The molecule has 0 fully saturated rings. The van der Waals surface area contributed by atoms with E-state index in [4.69, 9.17) is 9.84 Å². The summed E-state index contributed by atoms with van der Waals surface area (Å²) in [4.78, 5) is 22.3. The fourth-order valence-corrected chi connectivity index (χ4v) is 2.04. The van der Waals surface area contributed by atoms with Crippen molar-refractivity contribution in [3.63, 3.8) is 0 Å². The molecule has 0 bridgehead atoms. The molecule has 22 heavy (non-hydrogen) atoms. The molecule has 2 aromatic rings. The van der Waals surface area contributed by atoms with Gasteiger partial charge in [0, 0.05) is 10.2 Å². The number of halogens is 1. The molecule has 2 rings (SSSR count). The van der Waals surface area contributed by atoms with Gasteiger partial charge < -0.3 is 15.2 Å². The highest BCUT2D eigenvalue weighted by Crippen LogP contribution is 2.16. The number of carbonyl (C=O) groups is 2. The third kappa shape index (κ3) is 5.21. The Hall–Kier alpha value is -2.34. The molecule has 0 heterocycles. The number of carboxylic acids is 1. The minimum absolute atomic E-state index is 0.124. The maximum atomic E-state index is 11.9. The number of rotatable bonds is 6. The van der Waals surface area contributed by atoms with Crippen LogP contribution in [0.25, 0.3) is 0 Å². The van der Waals surface area contributed by atoms with Gasteiger partial charge in [0.25, 0.3) is 0 Å². The Balaban J connectivity index is 1.88. The van der Waals surface area contributed by atoms with Gasteiger partial charge in [-0.05, 0) is 42.0 Å². The van der Waals surface area contributed by atoms with Crippen LogP contribution in [0.3, 0.4) is 0 Å². The molecule has 0 aromatic heterocycles. The summed E-state index contributed by atoms with van der Waals surface area (Å²) < 4.78 is 5.98. The fourth-order valence-electron chi connectivity index (χ4n) is 1.77. The molecular formula is C16H14BrNO4. The van der Waals surface area contributed by atoms with E-state index in [0.717, 1.165) is 10.0 Å². The minimum Gasteiger partial charge on any atom is -0.482 e. The molecule has 0 atom stereocenters. The van der Waals surface area contributed by atoms with E-state index in [2.05, 4.69) is 21.2 Å². The lowest BCUT2D eigenvalue weighted by molar-refractivity contribution is -0.139. The number of hydrogen-bond donors (Lipinski definition) is 2. The number of ether oxygens (including phenoxy) is 1. The Morgan fingerprint density at radius 3 is 2.27 bits per heavy atom. The van der Waals surface area contributed by atoms with Crippen LogP contribution < -0.4 is 10.1 Å². The first kappa shape index (κ1) is 16.0. The fraction of sp³-hybridized carbons (Fsp3) is 0.125. The highest BCUT2D eigenvalue weighted by Gasteiger charge is 2.05. The lowest BCUT2D eigenvalue weighted by Crippen LogP contribution is -2.14. The van der Waals surface area contributed by atoms with Crippen LogP contribution in [-0.2, 0) is 16.0 Å². The van der Waals surface area contributed by atoms with Crippen molar-refractivity contribution in [2.75, 3.05) is 11.9 Å². The quantitative estimate of drug-likeness (QED) is 0.826. The van der Waals surface area contributed by atoms with Crippen molar-refractivity contribution < 1.29 is 19.4 Å². The van der Waals surface area contributed by atoms with E-state index in [1.54, 1.807) is 24.3 Å². The Morgan fingerprint density at radius 1 is 1.05 bits per heavy atom. The first-order valence-electron chi connectivity index (χ1n) is 6.52. The molecule has 0 radical (unpaired) electrons. The van der Waals surface area contributed by atoms with E-state index >= 15 is 0 Å². The van der Waals surface area contributed by atoms with Gasteiger partial charge in [0.1, 0.15) is 5.75 Å². The van der Waals surface area contributed by atoms with Crippen molar-refractivity contribution >= 4 is 33.5 Å². The number of benzene rings is 2. The summed E-state index contributed by atoms with van der Waals surface area (Å²) in [6.07, 6.45) is 0.282. The molecule has 0 saturated heterocycles. The molecule has 6 heteroatoms. The molecule has 0 saturated carbocycles. The molecular weight excluding hydrogens is 350 g/mol. The maximum Gasteiger partial charge on any atom is 0.341 e. The van der Waals surface area contributed by atoms with Gasteiger partial charge in [-0.25, -0.2) is 4.79 Å². The number of carbonyl (C=O) groups excluding carboxylic acids is 1. The van der Waals surface area contributed by atoms with E-state index < -0.39 is 12.6 Å². The van der Waals surface area contributed by atoms with Gasteiger partial charge in [-0.2, -0.15) is 0 Å². The largest absolute Gasteiger partial charge is 0.482 e. The first-order valence-corrected chi connectivity index (χ1v) is 7.31. The predicted octanol–water partition coefficient (Wildman–Crippen LogP) is 3.09. The molecule has 0 aliphatic rings. The first-order chi connectivity index (χ1) is 10.5. The van der Waals surface area contributed by atoms with E-state index in [1.165, 1.54) is 0 Å². The zero-order valence-electron chi connectivity index (χ0n) is 11.6. The summed E-state index contributed by atoms with van der Waals surface area (Å²) in [7, 11) is 0. The van der Waals surface area contributed by atoms with Gasteiger partial charge in [0.2, 0.25) is 5.91 Å². The molecule has 0 unspecified atom stereocenters. The predicted molar refractivity (Wildman–Crippen MR) is 86.0 cm³/mol. The summed E-state index contributed by atoms with van der Waals surface area (Å²) in [5, 5.41) is 11.3. The number of anilines is 1. The van der Waals surface area contributed by atoms with Crippen molar-refractivity contribution in [1.82, 2.24) is 0 Å². The Kier molecular flexibility index (Phi) is 5.55. The minimum atomic E-state index is -1.04. The molecule has 2 N–H and O–H groups in total. The number of amides is 1. The Labute approximate surface area is 136 Å². The molecule has 5 nitrogen and oxygen atoms in total. The second kappa shape index (κ2) is 7.61. The summed E-state index contributed by atoms with van der Waals surface area (Å²) >= 11 is 3.34. The van der Waals surface area contributed by atoms with Crippen molar-refractivity contribution in [3.05, 3.63) is 58.6 Å². The summed E-state index contributed by atoms with van der Waals surface area (Å²) in [5.74, 6) is -0.721. The van der Waals surface area contributed by atoms with E-state index in [0.29, 0.717) is 11.4 Å². The van der Waals surface area contributed by atoms with Crippen molar-refractivity contribution in [1.29, 1.82) is 0 Å². The second-order valence-electron chi connectivity index (χ2n) is 4.56. The van der Waals surface area contributed by atoms with Crippen LogP contribution in [0.15, 0.2) is 53.0 Å². The number of nitrogens with one attached hydrogen (secondary N) is 1. The molecule has 0 aliphatic heterocycles. The lowest BCUT2D eigenvalue weighted by atomic mass is 10.1. The van der Waals surface area contributed by atoms with E-state index in [1.807, 2.05) is 24.3 Å². The second-order valence-corrected chi connectivity index (χ2v) is 5.47. The van der Waals surface area contributed by atoms with Gasteiger partial charge in [0.15, 0.2) is 6.61 Å². The third-order valence-corrected chi connectivity index (χ3v) is 3.31. The van der Waals surface area contributed by atoms with Gasteiger partial charge in [0.05, 0.1) is 6.42 Å². The molecule has 0 aliphatic carbocycles. The SMILES string of the molecule is O=C(O)COc1ccc(NC(=O)Cc2ccc(Br)cc2)cc1. The summed E-state index contributed by atoms with van der Waals surface area (Å²) in [5.41, 5.74) is 1.55. The number of hydrogen-bond acceptors (Lipinski definition) is 3. The average Bonchev–Trinajstić information content (AvgIpc) is 2.49. The molecule has 114 valence electrons. The number of carboxylic acid groups (broad SMARTS) is 1. The smallest absolute Gasteiger partial charge is 0.341 e. The monoisotopic (exact) mass is 363 g/mol. The summed E-state index contributed by atoms with van der Waals surface area (Å²) in [6, 6.07) is 14.1. The summed E-state index contributed by atoms with van der Waals surface area (Å²) in [6.45, 7) is -0.394.